The normalized spacial score (nSPS) is 11.6. The summed E-state index contributed by atoms with van der Waals surface area (Å²) in [5.41, 5.74) is 2.11. The molecular weight excluding hydrogens is 400 g/mol. The topological polar surface area (TPSA) is 58.6 Å². The van der Waals surface area contributed by atoms with Gasteiger partial charge in [-0.3, -0.25) is 9.59 Å². The number of carbonyl (C=O) groups excluding carboxylic acids is 2. The van der Waals surface area contributed by atoms with Crippen molar-refractivity contribution in [3.8, 4) is 5.75 Å². The fraction of sp³-hybridized carbons (Fsp3) is 0.417. The minimum Gasteiger partial charge on any atom is -0.484 e. The quantitative estimate of drug-likeness (QED) is 0.523. The Morgan fingerprint density at radius 2 is 1.87 bits per heavy atom. The number of hydrogen-bond acceptors (Lipinski definition) is 3. The summed E-state index contributed by atoms with van der Waals surface area (Å²) >= 11 is 5.99. The van der Waals surface area contributed by atoms with Crippen LogP contribution in [0.1, 0.15) is 44.2 Å². The number of unbranched alkanes of at least 4 members (excludes halogenated alkanes) is 1. The van der Waals surface area contributed by atoms with E-state index in [1.807, 2.05) is 38.1 Å². The summed E-state index contributed by atoms with van der Waals surface area (Å²) in [6.45, 7) is 6.79. The van der Waals surface area contributed by atoms with Gasteiger partial charge in [-0.2, -0.15) is 0 Å². The largest absolute Gasteiger partial charge is 0.484 e. The Hall–Kier alpha value is -2.53. The van der Waals surface area contributed by atoms with E-state index < -0.39 is 6.04 Å². The number of hydrogen-bond donors (Lipinski definition) is 1. The molecule has 0 aliphatic rings. The van der Waals surface area contributed by atoms with Crippen LogP contribution in [0.3, 0.4) is 0 Å². The summed E-state index contributed by atoms with van der Waals surface area (Å²) < 4.78 is 5.65. The van der Waals surface area contributed by atoms with Crippen molar-refractivity contribution in [3.63, 3.8) is 0 Å². The second-order valence-electron chi connectivity index (χ2n) is 7.32. The molecular formula is C24H31ClN2O3. The average molecular weight is 431 g/mol. The van der Waals surface area contributed by atoms with Crippen molar-refractivity contribution in [2.45, 2.75) is 52.6 Å². The molecule has 2 aromatic carbocycles. The molecule has 2 amide bonds. The number of amides is 2. The molecule has 0 fully saturated rings. The van der Waals surface area contributed by atoms with Gasteiger partial charge in [0.2, 0.25) is 5.91 Å². The van der Waals surface area contributed by atoms with Gasteiger partial charge in [-0.15, -0.1) is 0 Å². The van der Waals surface area contributed by atoms with Gasteiger partial charge in [0.25, 0.3) is 5.91 Å². The van der Waals surface area contributed by atoms with Crippen LogP contribution >= 0.6 is 11.6 Å². The lowest BCUT2D eigenvalue weighted by molar-refractivity contribution is -0.143. The maximum Gasteiger partial charge on any atom is 0.261 e. The lowest BCUT2D eigenvalue weighted by atomic mass is 10.1. The highest BCUT2D eigenvalue weighted by Gasteiger charge is 2.28. The van der Waals surface area contributed by atoms with Gasteiger partial charge in [-0.25, -0.2) is 0 Å². The molecule has 0 aliphatic heterocycles. The van der Waals surface area contributed by atoms with E-state index in [1.165, 1.54) is 0 Å². The van der Waals surface area contributed by atoms with Crippen molar-refractivity contribution >= 4 is 23.4 Å². The van der Waals surface area contributed by atoms with Crippen LogP contribution in [0, 0.1) is 6.92 Å². The molecule has 0 saturated carbocycles. The zero-order valence-corrected chi connectivity index (χ0v) is 18.7. The Kier molecular flexibility index (Phi) is 9.68. The number of aryl methyl sites for hydroxylation is 1. The molecule has 2 aromatic rings. The van der Waals surface area contributed by atoms with E-state index in [4.69, 9.17) is 16.3 Å². The van der Waals surface area contributed by atoms with Crippen LogP contribution in [0.5, 0.6) is 5.75 Å². The van der Waals surface area contributed by atoms with E-state index in [1.54, 1.807) is 29.2 Å². The summed E-state index contributed by atoms with van der Waals surface area (Å²) in [6.07, 6.45) is 2.43. The maximum absolute atomic E-state index is 13.1. The Bertz CT molecular complexity index is 823. The zero-order chi connectivity index (χ0) is 21.9. The molecule has 0 spiro atoms. The standard InChI is InChI=1S/C24H31ClN2O3/c1-4-6-14-26-24(29)22(5-2)27(16-19-12-10-18(3)11-13-19)23(28)17-30-21-9-7-8-20(25)15-21/h7-13,15,22H,4-6,14,16-17H2,1-3H3,(H,26,29)/t22-/m1/s1. The third kappa shape index (κ3) is 7.38. The molecule has 162 valence electrons. The second-order valence-corrected chi connectivity index (χ2v) is 7.76. The second kappa shape index (κ2) is 12.2. The Morgan fingerprint density at radius 3 is 2.50 bits per heavy atom. The molecule has 5 nitrogen and oxygen atoms in total. The summed E-state index contributed by atoms with van der Waals surface area (Å²) in [5, 5.41) is 3.50. The van der Waals surface area contributed by atoms with Crippen LogP contribution in [-0.2, 0) is 16.1 Å². The van der Waals surface area contributed by atoms with Crippen LogP contribution in [-0.4, -0.2) is 35.9 Å². The van der Waals surface area contributed by atoms with Crippen molar-refractivity contribution in [3.05, 3.63) is 64.7 Å². The Balaban J connectivity index is 2.16. The number of rotatable bonds is 11. The van der Waals surface area contributed by atoms with Gasteiger partial charge in [0.15, 0.2) is 6.61 Å². The van der Waals surface area contributed by atoms with Crippen LogP contribution in [0.4, 0.5) is 0 Å². The summed E-state index contributed by atoms with van der Waals surface area (Å²) in [6, 6.07) is 14.3. The van der Waals surface area contributed by atoms with Gasteiger partial charge < -0.3 is 15.0 Å². The van der Waals surface area contributed by atoms with E-state index in [9.17, 15) is 9.59 Å². The van der Waals surface area contributed by atoms with E-state index in [2.05, 4.69) is 12.2 Å². The van der Waals surface area contributed by atoms with E-state index in [-0.39, 0.29) is 18.4 Å². The highest BCUT2D eigenvalue weighted by atomic mass is 35.5. The molecule has 1 atom stereocenters. The van der Waals surface area contributed by atoms with Crippen molar-refractivity contribution in [1.29, 1.82) is 0 Å². The smallest absolute Gasteiger partial charge is 0.261 e. The van der Waals surface area contributed by atoms with Gasteiger partial charge in [0.1, 0.15) is 11.8 Å². The lowest BCUT2D eigenvalue weighted by Crippen LogP contribution is -2.50. The monoisotopic (exact) mass is 430 g/mol. The van der Waals surface area contributed by atoms with E-state index in [0.717, 1.165) is 24.0 Å². The number of carbonyl (C=O) groups is 2. The van der Waals surface area contributed by atoms with Crippen molar-refractivity contribution in [1.82, 2.24) is 10.2 Å². The molecule has 30 heavy (non-hydrogen) atoms. The third-order valence-corrected chi connectivity index (χ3v) is 5.08. The Morgan fingerprint density at radius 1 is 1.13 bits per heavy atom. The fourth-order valence-electron chi connectivity index (χ4n) is 3.10. The number of ether oxygens (including phenoxy) is 1. The third-order valence-electron chi connectivity index (χ3n) is 4.85. The first-order chi connectivity index (χ1) is 14.4. The first-order valence-electron chi connectivity index (χ1n) is 10.5. The Labute approximate surface area is 184 Å². The summed E-state index contributed by atoms with van der Waals surface area (Å²) in [4.78, 5) is 27.5. The first kappa shape index (κ1) is 23.7. The van der Waals surface area contributed by atoms with Gasteiger partial charge in [-0.1, -0.05) is 67.8 Å². The molecule has 0 radical (unpaired) electrons. The predicted molar refractivity (Wildman–Crippen MR) is 121 cm³/mol. The van der Waals surface area contributed by atoms with E-state index >= 15 is 0 Å². The van der Waals surface area contributed by atoms with Crippen molar-refractivity contribution < 1.29 is 14.3 Å². The molecule has 6 heteroatoms. The van der Waals surface area contributed by atoms with Crippen LogP contribution in [0.15, 0.2) is 48.5 Å². The van der Waals surface area contributed by atoms with Crippen LogP contribution in [0.2, 0.25) is 5.02 Å². The number of halogens is 1. The van der Waals surface area contributed by atoms with Crippen LogP contribution < -0.4 is 10.1 Å². The first-order valence-corrected chi connectivity index (χ1v) is 10.8. The molecule has 1 N–H and O–H groups in total. The van der Waals surface area contributed by atoms with Gasteiger partial charge in [0.05, 0.1) is 0 Å². The number of nitrogens with one attached hydrogen (secondary N) is 1. The molecule has 0 bridgehead atoms. The average Bonchev–Trinajstić information content (AvgIpc) is 2.73. The summed E-state index contributed by atoms with van der Waals surface area (Å²) in [5.74, 6) is 0.147. The highest BCUT2D eigenvalue weighted by Crippen LogP contribution is 2.18. The molecule has 0 heterocycles. The molecule has 0 saturated heterocycles. The molecule has 0 aromatic heterocycles. The van der Waals surface area contributed by atoms with Crippen LogP contribution in [0.25, 0.3) is 0 Å². The van der Waals surface area contributed by atoms with Gasteiger partial charge in [-0.05, 0) is 43.5 Å². The van der Waals surface area contributed by atoms with E-state index in [0.29, 0.717) is 30.3 Å². The van der Waals surface area contributed by atoms with Crippen molar-refractivity contribution in [2.75, 3.05) is 13.2 Å². The maximum atomic E-state index is 13.1. The SMILES string of the molecule is CCCCNC(=O)[C@@H](CC)N(Cc1ccc(C)cc1)C(=O)COc1cccc(Cl)c1. The minimum atomic E-state index is -0.557. The van der Waals surface area contributed by atoms with Gasteiger partial charge >= 0.3 is 0 Å². The lowest BCUT2D eigenvalue weighted by Gasteiger charge is -2.30. The van der Waals surface area contributed by atoms with Crippen molar-refractivity contribution in [2.24, 2.45) is 0 Å². The highest BCUT2D eigenvalue weighted by molar-refractivity contribution is 6.30. The molecule has 0 unspecified atom stereocenters. The number of nitrogens with zero attached hydrogens (tertiary/aromatic N) is 1. The predicted octanol–water partition coefficient (Wildman–Crippen LogP) is 4.75. The fourth-order valence-corrected chi connectivity index (χ4v) is 3.28. The zero-order valence-electron chi connectivity index (χ0n) is 18.0. The number of benzene rings is 2. The van der Waals surface area contributed by atoms with Gasteiger partial charge in [0, 0.05) is 18.1 Å². The summed E-state index contributed by atoms with van der Waals surface area (Å²) in [7, 11) is 0. The molecule has 0 aliphatic carbocycles. The molecule has 2 rings (SSSR count). The minimum absolute atomic E-state index is 0.130.